The summed E-state index contributed by atoms with van der Waals surface area (Å²) in [6.45, 7) is 1.72. The number of sulfone groups is 1. The van der Waals surface area contributed by atoms with Crippen LogP contribution in [0.2, 0.25) is 5.02 Å². The van der Waals surface area contributed by atoms with Gasteiger partial charge in [0.1, 0.15) is 5.82 Å². The van der Waals surface area contributed by atoms with Crippen molar-refractivity contribution in [2.75, 3.05) is 0 Å². The van der Waals surface area contributed by atoms with Crippen molar-refractivity contribution in [3.63, 3.8) is 0 Å². The van der Waals surface area contributed by atoms with Gasteiger partial charge in [-0.15, -0.1) is 0 Å². The first-order valence-corrected chi connectivity index (χ1v) is 12.3. The number of carboxylic acid groups (broad SMARTS) is 1. The Hall–Kier alpha value is -3.03. The van der Waals surface area contributed by atoms with Gasteiger partial charge in [0.15, 0.2) is 9.84 Å². The Bertz CT molecular complexity index is 1450. The van der Waals surface area contributed by atoms with Crippen molar-refractivity contribution in [2.45, 2.75) is 36.0 Å². The molecule has 0 fully saturated rings. The van der Waals surface area contributed by atoms with Crippen molar-refractivity contribution in [3.8, 4) is 0 Å². The van der Waals surface area contributed by atoms with E-state index in [0.717, 1.165) is 5.56 Å². The van der Waals surface area contributed by atoms with Gasteiger partial charge >= 0.3 is 5.97 Å². The third-order valence-electron chi connectivity index (χ3n) is 5.73. The molecule has 0 radical (unpaired) electrons. The van der Waals surface area contributed by atoms with E-state index in [0.29, 0.717) is 33.2 Å². The highest BCUT2D eigenvalue weighted by atomic mass is 35.5. The second-order valence-electron chi connectivity index (χ2n) is 8.30. The molecule has 0 saturated heterocycles. The van der Waals surface area contributed by atoms with Crippen LogP contribution in [-0.4, -0.2) is 25.0 Å². The molecule has 170 valence electrons. The van der Waals surface area contributed by atoms with Crippen LogP contribution in [0.4, 0.5) is 4.39 Å². The average molecular weight is 486 g/mol. The molecule has 3 aromatic carbocycles. The normalized spacial score (nSPS) is 17.5. The number of hydrogen-bond donors (Lipinski definition) is 1. The van der Waals surface area contributed by atoms with E-state index in [2.05, 4.69) is 4.99 Å². The summed E-state index contributed by atoms with van der Waals surface area (Å²) in [6.07, 6.45) is 0.0907. The number of benzene rings is 3. The summed E-state index contributed by atoms with van der Waals surface area (Å²) in [5.41, 5.74) is 1.09. The lowest BCUT2D eigenvalue weighted by Crippen LogP contribution is -2.29. The van der Waals surface area contributed by atoms with Crippen LogP contribution < -0.4 is 10.6 Å². The van der Waals surface area contributed by atoms with E-state index in [-0.39, 0.29) is 17.1 Å². The molecule has 0 aromatic heterocycles. The fourth-order valence-corrected chi connectivity index (χ4v) is 5.57. The highest BCUT2D eigenvalue weighted by Crippen LogP contribution is 2.31. The minimum absolute atomic E-state index is 0.150. The Kier molecular flexibility index (Phi) is 6.12. The summed E-state index contributed by atoms with van der Waals surface area (Å²) in [6, 6.07) is 17.3. The summed E-state index contributed by atoms with van der Waals surface area (Å²) in [4.78, 5) is 16.2. The first kappa shape index (κ1) is 23.1. The quantitative estimate of drug-likeness (QED) is 0.553. The molecule has 3 aromatic rings. The summed E-state index contributed by atoms with van der Waals surface area (Å²) in [5.74, 6) is -1.58. The van der Waals surface area contributed by atoms with Gasteiger partial charge in [-0.25, -0.2) is 12.8 Å². The number of halogens is 2. The smallest absolute Gasteiger partial charge is 0.306 e. The lowest BCUT2D eigenvalue weighted by Gasteiger charge is -2.24. The van der Waals surface area contributed by atoms with Gasteiger partial charge < -0.3 is 5.11 Å². The molecule has 1 N–H and O–H groups in total. The molecule has 1 aliphatic heterocycles. The van der Waals surface area contributed by atoms with Crippen molar-refractivity contribution in [3.05, 3.63) is 99.3 Å². The number of nitrogens with zero attached hydrogens (tertiary/aromatic N) is 1. The summed E-state index contributed by atoms with van der Waals surface area (Å²) < 4.78 is 39.5. The molecule has 4 rings (SSSR count). The Morgan fingerprint density at radius 1 is 1.03 bits per heavy atom. The van der Waals surface area contributed by atoms with E-state index in [1.54, 1.807) is 49.4 Å². The zero-order chi connectivity index (χ0) is 23.8. The number of aliphatic carboxylic acids is 1. The molecule has 1 heterocycles. The molecule has 8 heteroatoms. The largest absolute Gasteiger partial charge is 0.481 e. The minimum atomic E-state index is -3.56. The van der Waals surface area contributed by atoms with Gasteiger partial charge in [-0.05, 0) is 72.5 Å². The number of carboxylic acids is 1. The van der Waals surface area contributed by atoms with Crippen LogP contribution in [0.15, 0.2) is 76.6 Å². The molecule has 0 amide bonds. The molecule has 0 saturated carbocycles. The standard InChI is InChI=1S/C25H21ClFNO4S/c1-25(14-24(29)30)22(21-13-19(27)8-11-23(21)28-25)12-16-4-9-20(10-5-16)33(31,32)15-17-2-6-18(26)7-3-17/h2-11,13H,12,14-15H2,1H3,(H,29,30). The van der Waals surface area contributed by atoms with Gasteiger partial charge in [0.05, 0.1) is 28.0 Å². The maximum atomic E-state index is 13.9. The van der Waals surface area contributed by atoms with E-state index in [4.69, 9.17) is 11.6 Å². The Labute approximate surface area is 195 Å². The summed E-state index contributed by atoms with van der Waals surface area (Å²) >= 11 is 5.86. The molecule has 33 heavy (non-hydrogen) atoms. The maximum absolute atomic E-state index is 13.9. The molecule has 1 aliphatic rings. The highest BCUT2D eigenvalue weighted by molar-refractivity contribution is 7.90. The molecule has 0 bridgehead atoms. The monoisotopic (exact) mass is 485 g/mol. The first-order chi connectivity index (χ1) is 15.6. The van der Waals surface area contributed by atoms with Crippen LogP contribution in [0, 0.1) is 5.82 Å². The first-order valence-electron chi connectivity index (χ1n) is 10.2. The fourth-order valence-electron chi connectivity index (χ4n) is 4.10. The van der Waals surface area contributed by atoms with Crippen LogP contribution in [0.3, 0.4) is 0 Å². The average Bonchev–Trinajstić information content (AvgIpc) is 3.00. The van der Waals surface area contributed by atoms with Gasteiger partial charge in [0, 0.05) is 10.2 Å². The number of rotatable bonds is 7. The SMILES string of the molecule is CC1(CC(=O)O)N=c2ccc(F)cc2=C1Cc1ccc(S(=O)(=O)Cc2ccc(Cl)cc2)cc1. The zero-order valence-corrected chi connectivity index (χ0v) is 19.3. The van der Waals surface area contributed by atoms with E-state index in [9.17, 15) is 22.7 Å². The molecule has 0 aliphatic carbocycles. The lowest BCUT2D eigenvalue weighted by atomic mass is 9.85. The minimum Gasteiger partial charge on any atom is -0.481 e. The zero-order valence-electron chi connectivity index (χ0n) is 17.8. The van der Waals surface area contributed by atoms with Gasteiger partial charge in [0.25, 0.3) is 0 Å². The van der Waals surface area contributed by atoms with Crippen molar-refractivity contribution >= 4 is 33.0 Å². The predicted molar refractivity (Wildman–Crippen MR) is 124 cm³/mol. The third-order valence-corrected chi connectivity index (χ3v) is 7.69. The number of fused-ring (bicyclic) bond motifs is 1. The maximum Gasteiger partial charge on any atom is 0.306 e. The molecule has 5 nitrogen and oxygen atoms in total. The van der Waals surface area contributed by atoms with Gasteiger partial charge in [-0.2, -0.15) is 0 Å². The van der Waals surface area contributed by atoms with Crippen LogP contribution in [0.5, 0.6) is 0 Å². The Balaban J connectivity index is 1.64. The predicted octanol–water partition coefficient (Wildman–Crippen LogP) is 3.71. The van der Waals surface area contributed by atoms with E-state index in [1.807, 2.05) is 0 Å². The van der Waals surface area contributed by atoms with Crippen LogP contribution >= 0.6 is 11.6 Å². The fraction of sp³-hybridized carbons (Fsp3) is 0.200. The van der Waals surface area contributed by atoms with Crippen LogP contribution in [0.1, 0.15) is 24.5 Å². The van der Waals surface area contributed by atoms with Crippen molar-refractivity contribution in [2.24, 2.45) is 4.99 Å². The Morgan fingerprint density at radius 2 is 1.67 bits per heavy atom. The molecular weight excluding hydrogens is 465 g/mol. The van der Waals surface area contributed by atoms with E-state index < -0.39 is 27.2 Å². The second-order valence-corrected chi connectivity index (χ2v) is 10.7. The molecule has 1 unspecified atom stereocenters. The van der Waals surface area contributed by atoms with Crippen LogP contribution in [0.25, 0.3) is 5.57 Å². The van der Waals surface area contributed by atoms with Gasteiger partial charge in [-0.3, -0.25) is 9.79 Å². The van der Waals surface area contributed by atoms with Crippen LogP contribution in [-0.2, 0) is 26.8 Å². The van der Waals surface area contributed by atoms with E-state index in [1.165, 1.54) is 24.3 Å². The highest BCUT2D eigenvalue weighted by Gasteiger charge is 2.35. The third kappa shape index (κ3) is 4.99. The lowest BCUT2D eigenvalue weighted by molar-refractivity contribution is -0.137. The summed E-state index contributed by atoms with van der Waals surface area (Å²) in [7, 11) is -3.56. The molecular formula is C25H21ClFNO4S. The Morgan fingerprint density at radius 3 is 2.30 bits per heavy atom. The van der Waals surface area contributed by atoms with Crippen molar-refractivity contribution in [1.82, 2.24) is 0 Å². The van der Waals surface area contributed by atoms with E-state index >= 15 is 0 Å². The van der Waals surface area contributed by atoms with Crippen molar-refractivity contribution < 1.29 is 22.7 Å². The second kappa shape index (κ2) is 8.72. The van der Waals surface area contributed by atoms with Gasteiger partial charge in [-0.1, -0.05) is 35.9 Å². The van der Waals surface area contributed by atoms with Crippen molar-refractivity contribution in [1.29, 1.82) is 0 Å². The number of hydrogen-bond acceptors (Lipinski definition) is 4. The molecule has 1 atom stereocenters. The topological polar surface area (TPSA) is 83.8 Å². The summed E-state index contributed by atoms with van der Waals surface area (Å²) in [5, 5.41) is 11.1. The van der Waals surface area contributed by atoms with Gasteiger partial charge in [0.2, 0.25) is 0 Å². The molecule has 0 spiro atoms. The number of carbonyl (C=O) groups is 1.